The van der Waals surface area contributed by atoms with Gasteiger partial charge in [0, 0.05) is 49.4 Å². The van der Waals surface area contributed by atoms with Crippen LogP contribution in [0.5, 0.6) is 0 Å². The van der Waals surface area contributed by atoms with Crippen molar-refractivity contribution in [3.63, 3.8) is 0 Å². The zero-order valence-electron chi connectivity index (χ0n) is 22.0. The van der Waals surface area contributed by atoms with Gasteiger partial charge in [0.1, 0.15) is 0 Å². The number of hydrogen-bond acceptors (Lipinski definition) is 5. The van der Waals surface area contributed by atoms with E-state index in [1.54, 1.807) is 18.2 Å². The summed E-state index contributed by atoms with van der Waals surface area (Å²) in [6.07, 6.45) is 8.99. The molecule has 0 radical (unpaired) electrons. The van der Waals surface area contributed by atoms with E-state index in [0.717, 1.165) is 50.2 Å². The second kappa shape index (κ2) is 11.2. The summed E-state index contributed by atoms with van der Waals surface area (Å²) in [4.78, 5) is 41.5. The summed E-state index contributed by atoms with van der Waals surface area (Å²) in [6.45, 7) is 2.86. The van der Waals surface area contributed by atoms with Crippen molar-refractivity contribution in [3.05, 3.63) is 92.0 Å². The minimum atomic E-state index is -0.179. The SMILES string of the molecule is O=C(NCCC1=CCCCC1)c1ccc(N2CC3CC(C2)c2cccc(=O)n2C3)c(NC(=O)c2cccs2)c1. The minimum absolute atomic E-state index is 0.0645. The summed E-state index contributed by atoms with van der Waals surface area (Å²) in [5, 5.41) is 8.04. The van der Waals surface area contributed by atoms with E-state index < -0.39 is 0 Å². The van der Waals surface area contributed by atoms with Crippen LogP contribution in [-0.4, -0.2) is 36.0 Å². The number of nitrogens with zero attached hydrogens (tertiary/aromatic N) is 2. The van der Waals surface area contributed by atoms with Crippen molar-refractivity contribution in [2.75, 3.05) is 29.9 Å². The summed E-state index contributed by atoms with van der Waals surface area (Å²) in [5.41, 5.74) is 4.66. The normalized spacial score (nSPS) is 20.1. The molecule has 3 aliphatic rings. The predicted octanol–water partition coefficient (Wildman–Crippen LogP) is 5.41. The number of thiophene rings is 1. The Balaban J connectivity index is 1.24. The molecule has 1 aliphatic carbocycles. The molecule has 2 N–H and O–H groups in total. The number of fused-ring (bicyclic) bond motifs is 4. The topological polar surface area (TPSA) is 83.4 Å². The summed E-state index contributed by atoms with van der Waals surface area (Å²) in [6, 6.07) is 14.8. The molecule has 1 saturated heterocycles. The van der Waals surface area contributed by atoms with Crippen molar-refractivity contribution >= 4 is 34.5 Å². The van der Waals surface area contributed by atoms with Gasteiger partial charge < -0.3 is 20.1 Å². The number of allylic oxidation sites excluding steroid dienone is 1. The van der Waals surface area contributed by atoms with Crippen LogP contribution < -0.4 is 21.1 Å². The van der Waals surface area contributed by atoms with Gasteiger partial charge in [0.25, 0.3) is 17.4 Å². The second-order valence-electron chi connectivity index (χ2n) is 10.9. The number of carbonyl (C=O) groups is 2. The number of carbonyl (C=O) groups excluding carboxylic acids is 2. The van der Waals surface area contributed by atoms with Crippen molar-refractivity contribution < 1.29 is 9.59 Å². The molecule has 0 saturated carbocycles. The van der Waals surface area contributed by atoms with Gasteiger partial charge in [0.2, 0.25) is 0 Å². The maximum absolute atomic E-state index is 13.1. The first-order chi connectivity index (χ1) is 19.0. The van der Waals surface area contributed by atoms with Gasteiger partial charge >= 0.3 is 0 Å². The molecular formula is C31H34N4O3S. The Morgan fingerprint density at radius 2 is 1.92 bits per heavy atom. The van der Waals surface area contributed by atoms with Crippen molar-refractivity contribution in [1.82, 2.24) is 9.88 Å². The zero-order valence-corrected chi connectivity index (χ0v) is 22.8. The van der Waals surface area contributed by atoms with Gasteiger partial charge in [-0.1, -0.05) is 23.8 Å². The van der Waals surface area contributed by atoms with Crippen LogP contribution in [0, 0.1) is 5.92 Å². The van der Waals surface area contributed by atoms with Crippen LogP contribution in [0.25, 0.3) is 0 Å². The maximum atomic E-state index is 13.1. The van der Waals surface area contributed by atoms with Crippen LogP contribution in [0.1, 0.15) is 70.2 Å². The van der Waals surface area contributed by atoms with Crippen LogP contribution in [0.15, 0.2) is 70.4 Å². The molecule has 2 unspecified atom stereocenters. The van der Waals surface area contributed by atoms with E-state index in [-0.39, 0.29) is 23.3 Å². The quantitative estimate of drug-likeness (QED) is 0.391. The largest absolute Gasteiger partial charge is 0.369 e. The third-order valence-electron chi connectivity index (χ3n) is 8.19. The highest BCUT2D eigenvalue weighted by atomic mass is 32.1. The van der Waals surface area contributed by atoms with E-state index >= 15 is 0 Å². The Morgan fingerprint density at radius 1 is 1.00 bits per heavy atom. The molecule has 6 rings (SSSR count). The molecule has 4 heterocycles. The van der Waals surface area contributed by atoms with Crippen LogP contribution in [0.2, 0.25) is 0 Å². The fourth-order valence-electron chi connectivity index (χ4n) is 6.31. The Labute approximate surface area is 232 Å². The monoisotopic (exact) mass is 542 g/mol. The van der Waals surface area contributed by atoms with Gasteiger partial charge in [0.15, 0.2) is 0 Å². The number of pyridine rings is 1. The van der Waals surface area contributed by atoms with Gasteiger partial charge in [-0.3, -0.25) is 14.4 Å². The highest BCUT2D eigenvalue weighted by Crippen LogP contribution is 2.39. The Morgan fingerprint density at radius 3 is 2.74 bits per heavy atom. The molecular weight excluding hydrogens is 508 g/mol. The summed E-state index contributed by atoms with van der Waals surface area (Å²) >= 11 is 1.39. The molecule has 3 aromatic rings. The van der Waals surface area contributed by atoms with Crippen molar-refractivity contribution in [2.24, 2.45) is 5.92 Å². The van der Waals surface area contributed by atoms with Crippen molar-refractivity contribution in [1.29, 1.82) is 0 Å². The Hall–Kier alpha value is -3.65. The lowest BCUT2D eigenvalue weighted by atomic mass is 9.83. The van der Waals surface area contributed by atoms with E-state index in [0.29, 0.717) is 35.1 Å². The van der Waals surface area contributed by atoms with Gasteiger partial charge in [-0.15, -0.1) is 11.3 Å². The van der Waals surface area contributed by atoms with Crippen LogP contribution in [-0.2, 0) is 6.54 Å². The molecule has 39 heavy (non-hydrogen) atoms. The summed E-state index contributed by atoms with van der Waals surface area (Å²) < 4.78 is 1.92. The molecule has 1 aromatic carbocycles. The predicted molar refractivity (Wildman–Crippen MR) is 156 cm³/mol. The highest BCUT2D eigenvalue weighted by molar-refractivity contribution is 7.12. The number of amides is 2. The fourth-order valence-corrected chi connectivity index (χ4v) is 6.93. The van der Waals surface area contributed by atoms with Crippen LogP contribution in [0.3, 0.4) is 0 Å². The molecule has 2 aromatic heterocycles. The van der Waals surface area contributed by atoms with Gasteiger partial charge in [-0.2, -0.15) is 0 Å². The molecule has 2 amide bonds. The fraction of sp³-hybridized carbons (Fsp3) is 0.387. The number of aromatic nitrogens is 1. The highest BCUT2D eigenvalue weighted by Gasteiger charge is 2.35. The number of nitrogens with one attached hydrogen (secondary N) is 2. The Bertz CT molecular complexity index is 1460. The number of anilines is 2. The van der Waals surface area contributed by atoms with E-state index in [1.807, 2.05) is 34.2 Å². The molecule has 2 bridgehead atoms. The van der Waals surface area contributed by atoms with Gasteiger partial charge in [-0.05, 0) is 80.2 Å². The van der Waals surface area contributed by atoms with E-state index in [4.69, 9.17) is 0 Å². The van der Waals surface area contributed by atoms with Crippen LogP contribution >= 0.6 is 11.3 Å². The molecule has 0 spiro atoms. The lowest BCUT2D eigenvalue weighted by Crippen LogP contribution is -2.47. The smallest absolute Gasteiger partial charge is 0.265 e. The van der Waals surface area contributed by atoms with E-state index in [1.165, 1.54) is 29.8 Å². The molecule has 1 fully saturated rings. The number of rotatable bonds is 7. The van der Waals surface area contributed by atoms with Gasteiger partial charge in [0.05, 0.1) is 16.3 Å². The zero-order chi connectivity index (χ0) is 26.8. The lowest BCUT2D eigenvalue weighted by Gasteiger charge is -2.44. The van der Waals surface area contributed by atoms with Crippen molar-refractivity contribution in [3.8, 4) is 0 Å². The maximum Gasteiger partial charge on any atom is 0.265 e. The average Bonchev–Trinajstić information content (AvgIpc) is 3.50. The third kappa shape index (κ3) is 5.57. The molecule has 2 aliphatic heterocycles. The van der Waals surface area contributed by atoms with Crippen LogP contribution in [0.4, 0.5) is 11.4 Å². The second-order valence-corrected chi connectivity index (χ2v) is 11.8. The first kappa shape index (κ1) is 25.6. The van der Waals surface area contributed by atoms with Crippen molar-refractivity contribution in [2.45, 2.75) is 51.0 Å². The van der Waals surface area contributed by atoms with E-state index in [2.05, 4.69) is 27.7 Å². The molecule has 8 heteroatoms. The number of benzene rings is 1. The van der Waals surface area contributed by atoms with E-state index in [9.17, 15) is 14.4 Å². The van der Waals surface area contributed by atoms with Gasteiger partial charge in [-0.25, -0.2) is 0 Å². The molecule has 2 atom stereocenters. The third-order valence-corrected chi connectivity index (χ3v) is 9.06. The standard InChI is InChI=1S/C31H34N4O3S/c36-29-10-4-8-26-24-16-22(19-35(26)29)18-34(20-24)27-12-11-23(17-25(27)33-31(38)28-9-5-15-39-28)30(37)32-14-13-21-6-2-1-3-7-21/h4-6,8-12,15,17,22,24H,1-3,7,13-14,16,18-20H2,(H,32,37)(H,33,38). The number of hydrogen-bond donors (Lipinski definition) is 2. The molecule has 7 nitrogen and oxygen atoms in total. The first-order valence-electron chi connectivity index (χ1n) is 13.9. The first-order valence-corrected chi connectivity index (χ1v) is 14.8. The number of piperidine rings is 1. The summed E-state index contributed by atoms with van der Waals surface area (Å²) in [5.74, 6) is 0.272. The summed E-state index contributed by atoms with van der Waals surface area (Å²) in [7, 11) is 0. The molecule has 202 valence electrons. The average molecular weight is 543 g/mol. The minimum Gasteiger partial charge on any atom is -0.369 e. The Kier molecular flexibility index (Phi) is 7.37. The lowest BCUT2D eigenvalue weighted by molar-refractivity contribution is 0.0952.